The quantitative estimate of drug-likeness (QED) is 0.0265. The summed E-state index contributed by atoms with van der Waals surface area (Å²) in [6.07, 6.45) is 52.3. The number of hydrogen-bond donors (Lipinski definition) is 0. The molecule has 324 valence electrons. The van der Waals surface area contributed by atoms with Crippen molar-refractivity contribution in [3.63, 3.8) is 0 Å². The van der Waals surface area contributed by atoms with Crippen molar-refractivity contribution in [1.29, 1.82) is 0 Å². The maximum Gasteiger partial charge on any atom is 0.306 e. The fourth-order valence-corrected chi connectivity index (χ4v) is 6.51. The van der Waals surface area contributed by atoms with Crippen molar-refractivity contribution < 1.29 is 28.6 Å². The van der Waals surface area contributed by atoms with Crippen molar-refractivity contribution in [2.45, 2.75) is 239 Å². The molecule has 0 aromatic heterocycles. The molecule has 0 aromatic rings. The van der Waals surface area contributed by atoms with Crippen LogP contribution < -0.4 is 0 Å². The minimum atomic E-state index is -0.785. The molecule has 0 heterocycles. The number of esters is 3. The van der Waals surface area contributed by atoms with Crippen molar-refractivity contribution in [1.82, 2.24) is 0 Å². The van der Waals surface area contributed by atoms with Crippen LogP contribution in [0.25, 0.3) is 0 Å². The second kappa shape index (κ2) is 45.1. The van der Waals surface area contributed by atoms with Gasteiger partial charge in [0, 0.05) is 19.3 Å². The van der Waals surface area contributed by atoms with Crippen LogP contribution in [0.1, 0.15) is 233 Å². The van der Waals surface area contributed by atoms with E-state index in [9.17, 15) is 14.4 Å². The van der Waals surface area contributed by atoms with Crippen molar-refractivity contribution in [2.75, 3.05) is 13.2 Å². The fourth-order valence-electron chi connectivity index (χ4n) is 6.51. The van der Waals surface area contributed by atoms with Crippen molar-refractivity contribution in [3.05, 3.63) is 48.6 Å². The van der Waals surface area contributed by atoms with E-state index in [1.165, 1.54) is 89.9 Å². The van der Waals surface area contributed by atoms with Crippen LogP contribution in [0.4, 0.5) is 0 Å². The Morgan fingerprint density at radius 2 is 0.696 bits per heavy atom. The Bertz CT molecular complexity index is 996. The molecule has 0 rings (SSSR count). The van der Waals surface area contributed by atoms with E-state index in [0.29, 0.717) is 19.3 Å². The summed E-state index contributed by atoms with van der Waals surface area (Å²) in [6, 6.07) is 0. The third kappa shape index (κ3) is 42.5. The lowest BCUT2D eigenvalue weighted by Crippen LogP contribution is -2.30. The summed E-state index contributed by atoms with van der Waals surface area (Å²) in [6.45, 7) is 6.47. The lowest BCUT2D eigenvalue weighted by molar-refractivity contribution is -0.167. The largest absolute Gasteiger partial charge is 0.462 e. The number of rotatable bonds is 42. The first-order valence-corrected chi connectivity index (χ1v) is 23.6. The van der Waals surface area contributed by atoms with E-state index < -0.39 is 6.10 Å². The standard InChI is InChI=1S/C50H88O6/c1-4-7-10-13-16-19-22-24-26-28-31-34-37-40-43-49(52)55-46-47(45-54-48(51)42-39-36-33-30-21-18-15-12-9-6-3)56-50(53)44-41-38-35-32-29-27-25-23-20-17-14-11-8-5-2/h7,10,16,19,24,26-27,29,47H,4-6,8-9,11-15,17-18,20-23,25,28,30-46H2,1-3H3/b10-7-,19-16-,26-24-,29-27-. The number of hydrogen-bond acceptors (Lipinski definition) is 6. The maximum absolute atomic E-state index is 12.7. The number of carbonyl (C=O) groups is 3. The van der Waals surface area contributed by atoms with Gasteiger partial charge in [0.2, 0.25) is 0 Å². The van der Waals surface area contributed by atoms with Crippen molar-refractivity contribution in [2.24, 2.45) is 0 Å². The Morgan fingerprint density at radius 1 is 0.375 bits per heavy atom. The van der Waals surface area contributed by atoms with Gasteiger partial charge in [0.1, 0.15) is 13.2 Å². The van der Waals surface area contributed by atoms with E-state index in [0.717, 1.165) is 103 Å². The summed E-state index contributed by atoms with van der Waals surface area (Å²) in [7, 11) is 0. The first-order chi connectivity index (χ1) is 27.5. The first-order valence-electron chi connectivity index (χ1n) is 23.6. The molecule has 56 heavy (non-hydrogen) atoms. The molecular weight excluding hydrogens is 697 g/mol. The summed E-state index contributed by atoms with van der Waals surface area (Å²) in [4.78, 5) is 37.8. The predicted octanol–water partition coefficient (Wildman–Crippen LogP) is 15.1. The zero-order valence-corrected chi connectivity index (χ0v) is 36.9. The fraction of sp³-hybridized carbons (Fsp3) is 0.780. The second-order valence-electron chi connectivity index (χ2n) is 15.6. The van der Waals surface area contributed by atoms with E-state index >= 15 is 0 Å². The maximum atomic E-state index is 12.7. The summed E-state index contributed by atoms with van der Waals surface area (Å²) in [5, 5.41) is 0. The molecule has 0 fully saturated rings. The zero-order valence-electron chi connectivity index (χ0n) is 36.9. The summed E-state index contributed by atoms with van der Waals surface area (Å²) >= 11 is 0. The summed E-state index contributed by atoms with van der Waals surface area (Å²) < 4.78 is 16.7. The van der Waals surface area contributed by atoms with E-state index in [4.69, 9.17) is 14.2 Å². The van der Waals surface area contributed by atoms with Crippen LogP contribution in [0.15, 0.2) is 48.6 Å². The van der Waals surface area contributed by atoms with Gasteiger partial charge in [-0.2, -0.15) is 0 Å². The molecule has 6 nitrogen and oxygen atoms in total. The van der Waals surface area contributed by atoms with Gasteiger partial charge in [-0.3, -0.25) is 14.4 Å². The molecule has 0 aliphatic heterocycles. The van der Waals surface area contributed by atoms with Gasteiger partial charge in [0.25, 0.3) is 0 Å². The van der Waals surface area contributed by atoms with Crippen LogP contribution in [0.5, 0.6) is 0 Å². The van der Waals surface area contributed by atoms with Gasteiger partial charge in [-0.1, -0.05) is 185 Å². The molecule has 0 saturated heterocycles. The monoisotopic (exact) mass is 785 g/mol. The zero-order chi connectivity index (χ0) is 40.8. The van der Waals surface area contributed by atoms with E-state index in [2.05, 4.69) is 69.4 Å². The Balaban J connectivity index is 4.42. The van der Waals surface area contributed by atoms with Crippen LogP contribution >= 0.6 is 0 Å². The highest BCUT2D eigenvalue weighted by atomic mass is 16.6. The van der Waals surface area contributed by atoms with Crippen LogP contribution in [0.3, 0.4) is 0 Å². The molecule has 0 spiro atoms. The summed E-state index contributed by atoms with van der Waals surface area (Å²) in [5.74, 6) is -0.924. The molecule has 0 aromatic carbocycles. The van der Waals surface area contributed by atoms with Crippen LogP contribution in [-0.4, -0.2) is 37.2 Å². The highest BCUT2D eigenvalue weighted by Crippen LogP contribution is 2.14. The molecule has 0 aliphatic carbocycles. The second-order valence-corrected chi connectivity index (χ2v) is 15.6. The highest BCUT2D eigenvalue weighted by Gasteiger charge is 2.19. The SMILES string of the molecule is CC/C=C\C/C=C\C/C=C\CCCCCCC(=O)OCC(COC(=O)CCCCCCCCCCCC)OC(=O)CCCCC/C=C\CCCCCCCCC. The number of ether oxygens (including phenoxy) is 3. The number of carbonyl (C=O) groups excluding carboxylic acids is 3. The van der Waals surface area contributed by atoms with E-state index in [-0.39, 0.29) is 31.1 Å². The highest BCUT2D eigenvalue weighted by molar-refractivity contribution is 5.71. The minimum Gasteiger partial charge on any atom is -0.462 e. The number of unbranched alkanes of at least 4 members (excludes halogenated alkanes) is 23. The Morgan fingerprint density at radius 3 is 1.12 bits per heavy atom. The Labute approximate surface area is 346 Å². The third-order valence-electron chi connectivity index (χ3n) is 10.1. The van der Waals surface area contributed by atoms with Gasteiger partial charge in [-0.05, 0) is 77.0 Å². The normalized spacial score (nSPS) is 12.4. The first kappa shape index (κ1) is 53.4. The van der Waals surface area contributed by atoms with Gasteiger partial charge in [0.15, 0.2) is 6.10 Å². The molecule has 0 radical (unpaired) electrons. The third-order valence-corrected chi connectivity index (χ3v) is 10.1. The van der Waals surface area contributed by atoms with Gasteiger partial charge in [0.05, 0.1) is 0 Å². The molecule has 1 atom stereocenters. The molecule has 0 N–H and O–H groups in total. The van der Waals surface area contributed by atoms with Gasteiger partial charge in [-0.15, -0.1) is 0 Å². The molecular formula is C50H88O6. The van der Waals surface area contributed by atoms with Crippen LogP contribution in [-0.2, 0) is 28.6 Å². The summed E-state index contributed by atoms with van der Waals surface area (Å²) in [5.41, 5.74) is 0. The molecule has 1 unspecified atom stereocenters. The smallest absolute Gasteiger partial charge is 0.306 e. The molecule has 0 saturated carbocycles. The number of allylic oxidation sites excluding steroid dienone is 8. The van der Waals surface area contributed by atoms with E-state index in [1.54, 1.807) is 0 Å². The van der Waals surface area contributed by atoms with Crippen LogP contribution in [0.2, 0.25) is 0 Å². The van der Waals surface area contributed by atoms with Crippen molar-refractivity contribution in [3.8, 4) is 0 Å². The molecule has 0 aliphatic rings. The average Bonchev–Trinajstić information content (AvgIpc) is 3.19. The van der Waals surface area contributed by atoms with Crippen molar-refractivity contribution >= 4 is 17.9 Å². The predicted molar refractivity (Wildman–Crippen MR) is 238 cm³/mol. The van der Waals surface area contributed by atoms with Gasteiger partial charge >= 0.3 is 17.9 Å². The molecule has 0 bridgehead atoms. The Kier molecular flexibility index (Phi) is 43.0. The molecule has 6 heteroatoms. The minimum absolute atomic E-state index is 0.0850. The van der Waals surface area contributed by atoms with Gasteiger partial charge in [-0.25, -0.2) is 0 Å². The van der Waals surface area contributed by atoms with E-state index in [1.807, 2.05) is 0 Å². The van der Waals surface area contributed by atoms with Crippen LogP contribution in [0, 0.1) is 0 Å². The van der Waals surface area contributed by atoms with Gasteiger partial charge < -0.3 is 14.2 Å². The molecule has 0 amide bonds. The Hall–Kier alpha value is -2.63. The lowest BCUT2D eigenvalue weighted by atomic mass is 10.1. The topological polar surface area (TPSA) is 78.9 Å². The average molecular weight is 785 g/mol. The lowest BCUT2D eigenvalue weighted by Gasteiger charge is -2.18.